The van der Waals surface area contributed by atoms with Crippen LogP contribution in [0.4, 0.5) is 0 Å². The molecule has 0 saturated heterocycles. The van der Waals surface area contributed by atoms with Crippen LogP contribution in [0.3, 0.4) is 0 Å². The quantitative estimate of drug-likeness (QED) is 0.261. The molecule has 0 aliphatic heterocycles. The molecule has 0 aliphatic rings. The first-order valence-corrected chi connectivity index (χ1v) is 10.2. The fourth-order valence-corrected chi connectivity index (χ4v) is 3.65. The molecule has 0 amide bonds. The highest BCUT2D eigenvalue weighted by Crippen LogP contribution is 2.25. The Hall–Kier alpha value is -2.33. The SMILES string of the molecule is CN=C(NCc1csc(-c2ccc(OC)cc2)n1)NCc1ccc(C)cc1OC.I. The van der Waals surface area contributed by atoms with Crippen LogP contribution >= 0.6 is 35.3 Å². The van der Waals surface area contributed by atoms with Gasteiger partial charge < -0.3 is 20.1 Å². The lowest BCUT2D eigenvalue weighted by Crippen LogP contribution is -2.36. The molecule has 30 heavy (non-hydrogen) atoms. The van der Waals surface area contributed by atoms with Crippen LogP contribution in [-0.4, -0.2) is 32.2 Å². The van der Waals surface area contributed by atoms with Crippen LogP contribution in [0.1, 0.15) is 16.8 Å². The first-order chi connectivity index (χ1) is 14.1. The third-order valence-corrected chi connectivity index (χ3v) is 5.38. The van der Waals surface area contributed by atoms with Gasteiger partial charge in [-0.1, -0.05) is 12.1 Å². The molecule has 0 radical (unpaired) electrons. The van der Waals surface area contributed by atoms with Crippen molar-refractivity contribution < 1.29 is 9.47 Å². The normalized spacial score (nSPS) is 10.9. The zero-order valence-corrected chi connectivity index (χ0v) is 20.7. The van der Waals surface area contributed by atoms with Crippen molar-refractivity contribution in [1.82, 2.24) is 15.6 Å². The number of thiazole rings is 1. The number of hydrogen-bond donors (Lipinski definition) is 2. The van der Waals surface area contributed by atoms with E-state index >= 15 is 0 Å². The van der Waals surface area contributed by atoms with E-state index in [0.717, 1.165) is 33.3 Å². The molecule has 8 heteroatoms. The van der Waals surface area contributed by atoms with Gasteiger partial charge in [-0.25, -0.2) is 4.98 Å². The van der Waals surface area contributed by atoms with Crippen LogP contribution < -0.4 is 20.1 Å². The first kappa shape index (κ1) is 23.9. The number of nitrogens with zero attached hydrogens (tertiary/aromatic N) is 2. The maximum Gasteiger partial charge on any atom is 0.191 e. The monoisotopic (exact) mass is 538 g/mol. The van der Waals surface area contributed by atoms with Gasteiger partial charge in [0.1, 0.15) is 16.5 Å². The van der Waals surface area contributed by atoms with E-state index in [4.69, 9.17) is 14.5 Å². The Balaban J connectivity index is 0.00000320. The number of aliphatic imine (C=N–C) groups is 1. The predicted octanol–water partition coefficient (Wildman–Crippen LogP) is 4.62. The van der Waals surface area contributed by atoms with Crippen LogP contribution in [0.5, 0.6) is 11.5 Å². The molecular weight excluding hydrogens is 511 g/mol. The summed E-state index contributed by atoms with van der Waals surface area (Å²) >= 11 is 1.62. The highest BCUT2D eigenvalue weighted by molar-refractivity contribution is 14.0. The molecule has 1 aromatic heterocycles. The zero-order chi connectivity index (χ0) is 20.6. The van der Waals surface area contributed by atoms with E-state index in [2.05, 4.69) is 33.1 Å². The summed E-state index contributed by atoms with van der Waals surface area (Å²) in [4.78, 5) is 9.00. The second-order valence-corrected chi connectivity index (χ2v) is 7.33. The average molecular weight is 538 g/mol. The van der Waals surface area contributed by atoms with Crippen LogP contribution in [0, 0.1) is 6.92 Å². The summed E-state index contributed by atoms with van der Waals surface area (Å²) in [6.07, 6.45) is 0. The van der Waals surface area contributed by atoms with Crippen molar-refractivity contribution in [1.29, 1.82) is 0 Å². The van der Waals surface area contributed by atoms with Crippen LogP contribution in [0.15, 0.2) is 52.8 Å². The Morgan fingerprint density at radius 1 is 1.03 bits per heavy atom. The van der Waals surface area contributed by atoms with Crippen LogP contribution in [0.2, 0.25) is 0 Å². The second-order valence-electron chi connectivity index (χ2n) is 6.47. The lowest BCUT2D eigenvalue weighted by Gasteiger charge is -2.13. The summed E-state index contributed by atoms with van der Waals surface area (Å²) in [5.41, 5.74) is 4.30. The minimum Gasteiger partial charge on any atom is -0.497 e. The number of nitrogens with one attached hydrogen (secondary N) is 2. The van der Waals surface area contributed by atoms with E-state index in [1.165, 1.54) is 5.56 Å². The van der Waals surface area contributed by atoms with E-state index in [1.807, 2.05) is 37.3 Å². The molecule has 2 aromatic carbocycles. The molecule has 0 unspecified atom stereocenters. The molecule has 3 aromatic rings. The molecule has 3 rings (SSSR count). The summed E-state index contributed by atoms with van der Waals surface area (Å²) in [5.74, 6) is 2.43. The number of guanidine groups is 1. The van der Waals surface area contributed by atoms with Crippen LogP contribution in [0.25, 0.3) is 10.6 Å². The van der Waals surface area contributed by atoms with E-state index in [9.17, 15) is 0 Å². The minimum atomic E-state index is 0. The smallest absolute Gasteiger partial charge is 0.191 e. The standard InChI is InChI=1S/C22H26N4O2S.HI/c1-15-5-6-17(20(11-15)28-4)12-24-22(23-2)25-13-18-14-29-21(26-18)16-7-9-19(27-3)10-8-16;/h5-11,14H,12-13H2,1-4H3,(H2,23,24,25);1H. The summed E-state index contributed by atoms with van der Waals surface area (Å²) in [6.45, 7) is 3.27. The summed E-state index contributed by atoms with van der Waals surface area (Å²) in [7, 11) is 5.11. The van der Waals surface area contributed by atoms with E-state index in [0.29, 0.717) is 19.0 Å². The van der Waals surface area contributed by atoms with Crippen molar-refractivity contribution in [2.24, 2.45) is 4.99 Å². The third kappa shape index (κ3) is 6.33. The highest BCUT2D eigenvalue weighted by atomic mass is 127. The summed E-state index contributed by atoms with van der Waals surface area (Å²) in [6, 6.07) is 14.1. The van der Waals surface area contributed by atoms with E-state index < -0.39 is 0 Å². The highest BCUT2D eigenvalue weighted by Gasteiger charge is 2.08. The maximum atomic E-state index is 5.46. The fourth-order valence-electron chi connectivity index (χ4n) is 2.83. The Labute approximate surface area is 198 Å². The zero-order valence-electron chi connectivity index (χ0n) is 17.6. The number of aryl methyl sites for hydroxylation is 1. The number of rotatable bonds is 7. The van der Waals surface area contributed by atoms with Crippen molar-refractivity contribution in [3.8, 4) is 22.1 Å². The lowest BCUT2D eigenvalue weighted by atomic mass is 10.1. The summed E-state index contributed by atoms with van der Waals surface area (Å²) in [5, 5.41) is 9.67. The molecule has 6 nitrogen and oxygen atoms in total. The van der Waals surface area contributed by atoms with Gasteiger partial charge in [0.05, 0.1) is 26.5 Å². The number of aromatic nitrogens is 1. The van der Waals surface area contributed by atoms with Crippen molar-refractivity contribution in [3.63, 3.8) is 0 Å². The van der Waals surface area contributed by atoms with Gasteiger partial charge in [-0.2, -0.15) is 0 Å². The molecular formula is C22H27IN4O2S. The number of ether oxygens (including phenoxy) is 2. The number of methoxy groups -OCH3 is 2. The maximum absolute atomic E-state index is 5.46. The number of benzene rings is 2. The molecule has 0 spiro atoms. The predicted molar refractivity (Wildman–Crippen MR) is 134 cm³/mol. The molecule has 160 valence electrons. The number of halogens is 1. The van der Waals surface area contributed by atoms with E-state index in [1.54, 1.807) is 32.6 Å². The van der Waals surface area contributed by atoms with Crippen molar-refractivity contribution >= 4 is 41.3 Å². The summed E-state index contributed by atoms with van der Waals surface area (Å²) < 4.78 is 10.7. The molecule has 0 bridgehead atoms. The van der Waals surface area contributed by atoms with Gasteiger partial charge in [0.15, 0.2) is 5.96 Å². The Morgan fingerprint density at radius 2 is 1.77 bits per heavy atom. The first-order valence-electron chi connectivity index (χ1n) is 9.29. The van der Waals surface area contributed by atoms with Gasteiger partial charge in [-0.3, -0.25) is 4.99 Å². The van der Waals surface area contributed by atoms with Crippen molar-refractivity contribution in [2.45, 2.75) is 20.0 Å². The Morgan fingerprint density at radius 3 is 2.43 bits per heavy atom. The lowest BCUT2D eigenvalue weighted by molar-refractivity contribution is 0.408. The van der Waals surface area contributed by atoms with Crippen LogP contribution in [-0.2, 0) is 13.1 Å². The van der Waals surface area contributed by atoms with Gasteiger partial charge in [0.25, 0.3) is 0 Å². The molecule has 0 aliphatic carbocycles. The second kappa shape index (κ2) is 11.8. The molecule has 0 atom stereocenters. The fraction of sp³-hybridized carbons (Fsp3) is 0.273. The van der Waals surface area contributed by atoms with E-state index in [-0.39, 0.29) is 24.0 Å². The van der Waals surface area contributed by atoms with Gasteiger partial charge in [0, 0.05) is 30.1 Å². The third-order valence-electron chi connectivity index (χ3n) is 4.44. The average Bonchev–Trinajstić information content (AvgIpc) is 3.23. The van der Waals surface area contributed by atoms with Gasteiger partial charge in [0.2, 0.25) is 0 Å². The van der Waals surface area contributed by atoms with Crippen molar-refractivity contribution in [3.05, 3.63) is 64.7 Å². The van der Waals surface area contributed by atoms with Gasteiger partial charge in [-0.15, -0.1) is 35.3 Å². The molecule has 1 heterocycles. The molecule has 0 saturated carbocycles. The van der Waals surface area contributed by atoms with Gasteiger partial charge in [-0.05, 0) is 42.8 Å². The minimum absolute atomic E-state index is 0. The number of hydrogen-bond acceptors (Lipinski definition) is 5. The van der Waals surface area contributed by atoms with Crippen molar-refractivity contribution in [2.75, 3.05) is 21.3 Å². The largest absolute Gasteiger partial charge is 0.497 e. The Kier molecular flexibility index (Phi) is 9.38. The van der Waals surface area contributed by atoms with Gasteiger partial charge >= 0.3 is 0 Å². The molecule has 2 N–H and O–H groups in total. The molecule has 0 fully saturated rings. The topological polar surface area (TPSA) is 67.8 Å². The Bertz CT molecular complexity index is 974.